The lowest BCUT2D eigenvalue weighted by Gasteiger charge is -2.26. The average molecular weight is 364 g/mol. The topological polar surface area (TPSA) is 73.9 Å². The van der Waals surface area contributed by atoms with E-state index in [0.717, 1.165) is 39.3 Å². The van der Waals surface area contributed by atoms with Gasteiger partial charge in [0.15, 0.2) is 0 Å². The zero-order valence-electron chi connectivity index (χ0n) is 14.7. The Morgan fingerprint density at radius 1 is 1.23 bits per heavy atom. The number of halogens is 1. The van der Waals surface area contributed by atoms with E-state index in [9.17, 15) is 14.0 Å². The number of carbonyl (C=O) groups excluding carboxylic acids is 2. The van der Waals surface area contributed by atoms with Crippen molar-refractivity contribution in [1.29, 1.82) is 0 Å². The van der Waals surface area contributed by atoms with Crippen molar-refractivity contribution in [1.82, 2.24) is 15.5 Å². The third-order valence-corrected chi connectivity index (χ3v) is 4.64. The number of benzene rings is 1. The second kappa shape index (κ2) is 8.95. The number of morpholine rings is 1. The Labute approximate surface area is 152 Å². The Balaban J connectivity index is 1.36. The molecule has 3 rings (SSSR count). The molecule has 2 saturated heterocycles. The number of nitrogens with one attached hydrogen (secondary N) is 2. The molecular weight excluding hydrogens is 339 g/mol. The zero-order chi connectivity index (χ0) is 18.4. The number of amides is 3. The van der Waals surface area contributed by atoms with E-state index < -0.39 is 0 Å². The number of urea groups is 1. The molecule has 26 heavy (non-hydrogen) atoms. The van der Waals surface area contributed by atoms with Crippen LogP contribution in [0.4, 0.5) is 14.9 Å². The summed E-state index contributed by atoms with van der Waals surface area (Å²) in [6.45, 7) is 5.34. The van der Waals surface area contributed by atoms with Crippen molar-refractivity contribution in [2.24, 2.45) is 0 Å². The van der Waals surface area contributed by atoms with Crippen LogP contribution in [-0.2, 0) is 9.53 Å². The predicted molar refractivity (Wildman–Crippen MR) is 95.6 cm³/mol. The molecule has 2 fully saturated rings. The molecule has 2 aliphatic rings. The van der Waals surface area contributed by atoms with Gasteiger partial charge in [-0.25, -0.2) is 9.18 Å². The van der Waals surface area contributed by atoms with Crippen LogP contribution in [0.1, 0.15) is 12.8 Å². The Bertz CT molecular complexity index is 619. The van der Waals surface area contributed by atoms with Gasteiger partial charge in [0.2, 0.25) is 5.91 Å². The van der Waals surface area contributed by atoms with Crippen molar-refractivity contribution in [3.63, 3.8) is 0 Å². The van der Waals surface area contributed by atoms with E-state index in [2.05, 4.69) is 15.5 Å². The fraction of sp³-hybridized carbons (Fsp3) is 0.556. The Morgan fingerprint density at radius 2 is 1.96 bits per heavy atom. The molecular formula is C18H25FN4O3. The van der Waals surface area contributed by atoms with Crippen LogP contribution in [0.25, 0.3) is 0 Å². The molecule has 3 amide bonds. The number of hydrogen-bond acceptors (Lipinski definition) is 4. The Hall–Kier alpha value is -2.19. The number of anilines is 1. The minimum atomic E-state index is -0.341. The minimum absolute atomic E-state index is 0.0748. The van der Waals surface area contributed by atoms with E-state index in [0.29, 0.717) is 18.8 Å². The molecule has 1 atom stereocenters. The maximum atomic E-state index is 13.0. The van der Waals surface area contributed by atoms with Gasteiger partial charge in [-0.05, 0) is 37.2 Å². The highest BCUT2D eigenvalue weighted by Gasteiger charge is 2.31. The third-order valence-electron chi connectivity index (χ3n) is 4.64. The van der Waals surface area contributed by atoms with Gasteiger partial charge in [-0.3, -0.25) is 9.69 Å². The van der Waals surface area contributed by atoms with Crippen LogP contribution in [0.3, 0.4) is 0 Å². The van der Waals surface area contributed by atoms with Crippen molar-refractivity contribution < 1.29 is 18.7 Å². The average Bonchev–Trinajstić information content (AvgIpc) is 3.00. The standard InChI is InChI=1S/C18H25FN4O3/c19-14-2-4-16(5-3-14)23-13-15(12-17(23)24)21-18(25)20-6-1-7-22-8-10-26-11-9-22/h2-5,15H,1,6-13H2,(H2,20,21,25). The van der Waals surface area contributed by atoms with E-state index in [1.807, 2.05) is 0 Å². The van der Waals surface area contributed by atoms with Crippen LogP contribution in [0.2, 0.25) is 0 Å². The first kappa shape index (κ1) is 18.6. The van der Waals surface area contributed by atoms with E-state index in [1.165, 1.54) is 12.1 Å². The Morgan fingerprint density at radius 3 is 2.69 bits per heavy atom. The predicted octanol–water partition coefficient (Wildman–Crippen LogP) is 0.953. The maximum absolute atomic E-state index is 13.0. The molecule has 0 aliphatic carbocycles. The van der Waals surface area contributed by atoms with Gasteiger partial charge in [-0.1, -0.05) is 0 Å². The highest BCUT2D eigenvalue weighted by molar-refractivity contribution is 5.96. The summed E-state index contributed by atoms with van der Waals surface area (Å²) in [7, 11) is 0. The van der Waals surface area contributed by atoms with Crippen molar-refractivity contribution in [2.45, 2.75) is 18.9 Å². The summed E-state index contributed by atoms with van der Waals surface area (Å²) in [4.78, 5) is 28.0. The normalized spacial score (nSPS) is 21.0. The maximum Gasteiger partial charge on any atom is 0.315 e. The van der Waals surface area contributed by atoms with Crippen LogP contribution < -0.4 is 15.5 Å². The van der Waals surface area contributed by atoms with Gasteiger partial charge in [0.1, 0.15) is 5.82 Å². The molecule has 2 heterocycles. The van der Waals surface area contributed by atoms with E-state index >= 15 is 0 Å². The lowest BCUT2D eigenvalue weighted by Crippen LogP contribution is -2.44. The lowest BCUT2D eigenvalue weighted by molar-refractivity contribution is -0.117. The quantitative estimate of drug-likeness (QED) is 0.738. The molecule has 0 spiro atoms. The van der Waals surface area contributed by atoms with E-state index in [4.69, 9.17) is 4.74 Å². The fourth-order valence-electron chi connectivity index (χ4n) is 3.24. The van der Waals surface area contributed by atoms with Gasteiger partial charge >= 0.3 is 6.03 Å². The molecule has 8 heteroatoms. The SMILES string of the molecule is O=C(NCCCN1CCOCC1)NC1CC(=O)N(c2ccc(F)cc2)C1. The molecule has 0 saturated carbocycles. The van der Waals surface area contributed by atoms with Crippen LogP contribution >= 0.6 is 0 Å². The van der Waals surface area contributed by atoms with Crippen molar-refractivity contribution in [3.8, 4) is 0 Å². The smallest absolute Gasteiger partial charge is 0.315 e. The highest BCUT2D eigenvalue weighted by Crippen LogP contribution is 2.21. The van der Waals surface area contributed by atoms with Crippen molar-refractivity contribution in [2.75, 3.05) is 50.8 Å². The molecule has 0 aromatic heterocycles. The summed E-state index contributed by atoms with van der Waals surface area (Å²) >= 11 is 0. The fourth-order valence-corrected chi connectivity index (χ4v) is 3.24. The molecule has 0 bridgehead atoms. The number of nitrogens with zero attached hydrogens (tertiary/aromatic N) is 2. The van der Waals surface area contributed by atoms with Crippen LogP contribution in [-0.4, -0.2) is 68.8 Å². The second-order valence-electron chi connectivity index (χ2n) is 6.59. The summed E-state index contributed by atoms with van der Waals surface area (Å²) in [5.41, 5.74) is 0.645. The molecule has 1 aromatic carbocycles. The van der Waals surface area contributed by atoms with Gasteiger partial charge in [-0.2, -0.15) is 0 Å². The molecule has 1 aromatic rings. The van der Waals surface area contributed by atoms with Gasteiger partial charge in [0.05, 0.1) is 19.3 Å². The minimum Gasteiger partial charge on any atom is -0.379 e. The molecule has 2 aliphatic heterocycles. The number of ether oxygens (including phenoxy) is 1. The molecule has 7 nitrogen and oxygen atoms in total. The number of hydrogen-bond donors (Lipinski definition) is 2. The van der Waals surface area contributed by atoms with Crippen molar-refractivity contribution in [3.05, 3.63) is 30.1 Å². The van der Waals surface area contributed by atoms with E-state index in [1.54, 1.807) is 17.0 Å². The summed E-state index contributed by atoms with van der Waals surface area (Å²) in [5, 5.41) is 5.68. The van der Waals surface area contributed by atoms with Crippen LogP contribution in [0.15, 0.2) is 24.3 Å². The second-order valence-corrected chi connectivity index (χ2v) is 6.59. The number of carbonyl (C=O) groups is 2. The molecule has 0 radical (unpaired) electrons. The van der Waals surface area contributed by atoms with E-state index in [-0.39, 0.29) is 30.2 Å². The number of rotatable bonds is 6. The summed E-state index contributed by atoms with van der Waals surface area (Å²) < 4.78 is 18.3. The van der Waals surface area contributed by atoms with Crippen LogP contribution in [0.5, 0.6) is 0 Å². The summed E-state index contributed by atoms with van der Waals surface area (Å²) in [5.74, 6) is -0.416. The van der Waals surface area contributed by atoms with Gasteiger partial charge < -0.3 is 20.3 Å². The van der Waals surface area contributed by atoms with Crippen molar-refractivity contribution >= 4 is 17.6 Å². The lowest BCUT2D eigenvalue weighted by atomic mass is 10.2. The van der Waals surface area contributed by atoms with Gasteiger partial charge in [0.25, 0.3) is 0 Å². The Kier molecular flexibility index (Phi) is 6.40. The first-order valence-electron chi connectivity index (χ1n) is 9.02. The molecule has 1 unspecified atom stereocenters. The largest absolute Gasteiger partial charge is 0.379 e. The summed E-state index contributed by atoms with van der Waals surface area (Å²) in [6, 6.07) is 5.29. The molecule has 2 N–H and O–H groups in total. The summed E-state index contributed by atoms with van der Waals surface area (Å²) in [6.07, 6.45) is 1.12. The monoisotopic (exact) mass is 364 g/mol. The highest BCUT2D eigenvalue weighted by atomic mass is 19.1. The van der Waals surface area contributed by atoms with Gasteiger partial charge in [0, 0.05) is 38.3 Å². The molecule has 142 valence electrons. The zero-order valence-corrected chi connectivity index (χ0v) is 14.7. The third kappa shape index (κ3) is 5.15. The van der Waals surface area contributed by atoms with Crippen LogP contribution in [0, 0.1) is 5.82 Å². The van der Waals surface area contributed by atoms with Gasteiger partial charge in [-0.15, -0.1) is 0 Å². The first-order valence-corrected chi connectivity index (χ1v) is 9.02. The first-order chi connectivity index (χ1) is 12.6.